The molecule has 5 nitrogen and oxygen atoms in total. The van der Waals surface area contributed by atoms with Crippen molar-refractivity contribution in [3.05, 3.63) is 59.9 Å². The molecule has 0 aromatic heterocycles. The molecule has 1 N–H and O–H groups in total. The lowest BCUT2D eigenvalue weighted by atomic mass is 9.97. The average molecular weight is 405 g/mol. The minimum Gasteiger partial charge on any atom is -0.326 e. The molecule has 0 unspecified atom stereocenters. The topological polar surface area (TPSA) is 66.5 Å². The third-order valence-corrected chi connectivity index (χ3v) is 7.03. The largest absolute Gasteiger partial charge is 0.326 e. The van der Waals surface area contributed by atoms with Crippen molar-refractivity contribution in [2.24, 2.45) is 5.92 Å². The summed E-state index contributed by atoms with van der Waals surface area (Å²) >= 11 is 0. The Hall–Kier alpha value is -2.25. The quantitative estimate of drug-likeness (QED) is 0.819. The fourth-order valence-corrected chi connectivity index (χ4v) is 4.78. The first-order chi connectivity index (χ1) is 13.3. The van der Waals surface area contributed by atoms with Crippen molar-refractivity contribution in [1.29, 1.82) is 0 Å². The Morgan fingerprint density at radius 2 is 1.61 bits per heavy atom. The molecular weight excluding hydrogens is 379 g/mol. The number of halogens is 1. The van der Waals surface area contributed by atoms with Crippen LogP contribution in [0.15, 0.2) is 53.4 Å². The van der Waals surface area contributed by atoms with Crippen LogP contribution in [0.1, 0.15) is 38.2 Å². The maximum Gasteiger partial charge on any atom is 0.243 e. The molecule has 0 saturated carbocycles. The molecule has 0 radical (unpaired) electrons. The highest BCUT2D eigenvalue weighted by Crippen LogP contribution is 2.25. The van der Waals surface area contributed by atoms with Gasteiger partial charge in [-0.2, -0.15) is 4.31 Å². The van der Waals surface area contributed by atoms with Gasteiger partial charge in [-0.1, -0.05) is 26.0 Å². The summed E-state index contributed by atoms with van der Waals surface area (Å²) in [5, 5.41) is 2.92. The molecule has 2 aromatic rings. The Labute approximate surface area is 165 Å². The Kier molecular flexibility index (Phi) is 6.15. The SMILES string of the molecule is CC(C)c1ccc(NC(=O)C2CCN(S(=O)(=O)c3ccc(F)cc3)CC2)cc1. The van der Waals surface area contributed by atoms with Gasteiger partial charge in [-0.15, -0.1) is 0 Å². The van der Waals surface area contributed by atoms with Crippen molar-refractivity contribution >= 4 is 21.6 Å². The molecule has 0 atom stereocenters. The van der Waals surface area contributed by atoms with E-state index in [-0.39, 0.29) is 29.8 Å². The zero-order chi connectivity index (χ0) is 20.3. The highest BCUT2D eigenvalue weighted by atomic mass is 32.2. The first kappa shape index (κ1) is 20.5. The number of benzene rings is 2. The molecule has 1 fully saturated rings. The Bertz CT molecular complexity index is 917. The number of carbonyl (C=O) groups excluding carboxylic acids is 1. The number of nitrogens with zero attached hydrogens (tertiary/aromatic N) is 1. The molecule has 0 aliphatic carbocycles. The first-order valence-electron chi connectivity index (χ1n) is 9.44. The first-order valence-corrected chi connectivity index (χ1v) is 10.9. The van der Waals surface area contributed by atoms with E-state index in [0.29, 0.717) is 18.8 Å². The summed E-state index contributed by atoms with van der Waals surface area (Å²) in [6.07, 6.45) is 0.909. The summed E-state index contributed by atoms with van der Waals surface area (Å²) in [7, 11) is -3.66. The molecule has 28 heavy (non-hydrogen) atoms. The molecule has 0 spiro atoms. The monoisotopic (exact) mass is 404 g/mol. The van der Waals surface area contributed by atoms with Crippen LogP contribution in [0.25, 0.3) is 0 Å². The van der Waals surface area contributed by atoms with E-state index in [4.69, 9.17) is 0 Å². The van der Waals surface area contributed by atoms with Crippen molar-refractivity contribution in [3.8, 4) is 0 Å². The van der Waals surface area contributed by atoms with Gasteiger partial charge in [-0.05, 0) is 60.7 Å². The van der Waals surface area contributed by atoms with Crippen LogP contribution in [-0.4, -0.2) is 31.7 Å². The lowest BCUT2D eigenvalue weighted by Gasteiger charge is -2.30. The summed E-state index contributed by atoms with van der Waals surface area (Å²) in [4.78, 5) is 12.6. The van der Waals surface area contributed by atoms with Crippen LogP contribution < -0.4 is 5.32 Å². The lowest BCUT2D eigenvalue weighted by molar-refractivity contribution is -0.120. The third kappa shape index (κ3) is 4.59. The maximum absolute atomic E-state index is 13.0. The number of anilines is 1. The van der Waals surface area contributed by atoms with Crippen LogP contribution in [0.4, 0.5) is 10.1 Å². The van der Waals surface area contributed by atoms with Crippen molar-refractivity contribution < 1.29 is 17.6 Å². The van der Waals surface area contributed by atoms with Gasteiger partial charge in [0.15, 0.2) is 0 Å². The second-order valence-electron chi connectivity index (χ2n) is 7.40. The summed E-state index contributed by atoms with van der Waals surface area (Å²) in [5.41, 5.74) is 1.95. The standard InChI is InChI=1S/C21H25FN2O3S/c1-15(2)16-3-7-19(8-4-16)23-21(25)17-11-13-24(14-12-17)28(26,27)20-9-5-18(22)6-10-20/h3-10,15,17H,11-14H2,1-2H3,(H,23,25). The van der Waals surface area contributed by atoms with Gasteiger partial charge in [-0.25, -0.2) is 12.8 Å². The zero-order valence-electron chi connectivity index (χ0n) is 16.1. The van der Waals surface area contributed by atoms with E-state index in [1.165, 1.54) is 22.0 Å². The molecule has 0 bridgehead atoms. The van der Waals surface area contributed by atoms with Gasteiger partial charge in [0.1, 0.15) is 5.82 Å². The van der Waals surface area contributed by atoms with E-state index in [1.807, 2.05) is 24.3 Å². The van der Waals surface area contributed by atoms with Crippen molar-refractivity contribution in [2.45, 2.75) is 37.5 Å². The number of sulfonamides is 1. The summed E-state index contributed by atoms with van der Waals surface area (Å²) in [6.45, 7) is 4.76. The van der Waals surface area contributed by atoms with Crippen molar-refractivity contribution in [3.63, 3.8) is 0 Å². The molecule has 1 heterocycles. The number of hydrogen-bond acceptors (Lipinski definition) is 3. The number of piperidine rings is 1. The Balaban J connectivity index is 1.58. The minimum absolute atomic E-state index is 0.0713. The highest BCUT2D eigenvalue weighted by Gasteiger charge is 2.32. The van der Waals surface area contributed by atoms with E-state index in [9.17, 15) is 17.6 Å². The molecule has 3 rings (SSSR count). The molecule has 2 aromatic carbocycles. The fourth-order valence-electron chi connectivity index (χ4n) is 3.31. The molecule has 1 aliphatic rings. The van der Waals surface area contributed by atoms with E-state index in [2.05, 4.69) is 19.2 Å². The second kappa shape index (κ2) is 8.41. The van der Waals surface area contributed by atoms with Crippen LogP contribution in [0.2, 0.25) is 0 Å². The zero-order valence-corrected chi connectivity index (χ0v) is 16.9. The molecule has 7 heteroatoms. The molecule has 1 saturated heterocycles. The summed E-state index contributed by atoms with van der Waals surface area (Å²) in [5.74, 6) is -0.367. The van der Waals surface area contributed by atoms with E-state index < -0.39 is 15.8 Å². The highest BCUT2D eigenvalue weighted by molar-refractivity contribution is 7.89. The number of hydrogen-bond donors (Lipinski definition) is 1. The predicted molar refractivity (Wildman–Crippen MR) is 107 cm³/mol. The van der Waals surface area contributed by atoms with Crippen LogP contribution in [0.3, 0.4) is 0 Å². The minimum atomic E-state index is -3.66. The van der Waals surface area contributed by atoms with Gasteiger partial charge in [-0.3, -0.25) is 4.79 Å². The van der Waals surface area contributed by atoms with Crippen LogP contribution in [0.5, 0.6) is 0 Å². The van der Waals surface area contributed by atoms with Gasteiger partial charge in [0.2, 0.25) is 15.9 Å². The van der Waals surface area contributed by atoms with Gasteiger partial charge < -0.3 is 5.32 Å². The van der Waals surface area contributed by atoms with E-state index >= 15 is 0 Å². The van der Waals surface area contributed by atoms with Crippen LogP contribution >= 0.6 is 0 Å². The van der Waals surface area contributed by atoms with Gasteiger partial charge in [0.25, 0.3) is 0 Å². The Morgan fingerprint density at radius 3 is 2.14 bits per heavy atom. The van der Waals surface area contributed by atoms with Crippen molar-refractivity contribution in [1.82, 2.24) is 4.31 Å². The molecular formula is C21H25FN2O3S. The third-order valence-electron chi connectivity index (χ3n) is 5.12. The van der Waals surface area contributed by atoms with Crippen molar-refractivity contribution in [2.75, 3.05) is 18.4 Å². The maximum atomic E-state index is 13.0. The van der Waals surface area contributed by atoms with E-state index in [1.54, 1.807) is 0 Å². The molecule has 150 valence electrons. The van der Waals surface area contributed by atoms with Gasteiger partial charge >= 0.3 is 0 Å². The average Bonchev–Trinajstić information content (AvgIpc) is 2.69. The lowest BCUT2D eigenvalue weighted by Crippen LogP contribution is -2.41. The van der Waals surface area contributed by atoms with Gasteiger partial charge in [0, 0.05) is 24.7 Å². The normalized spacial score (nSPS) is 16.3. The van der Waals surface area contributed by atoms with Crippen LogP contribution in [-0.2, 0) is 14.8 Å². The van der Waals surface area contributed by atoms with Gasteiger partial charge in [0.05, 0.1) is 4.90 Å². The van der Waals surface area contributed by atoms with E-state index in [0.717, 1.165) is 17.8 Å². The second-order valence-corrected chi connectivity index (χ2v) is 9.34. The number of nitrogens with one attached hydrogen (secondary N) is 1. The summed E-state index contributed by atoms with van der Waals surface area (Å²) in [6, 6.07) is 12.6. The fraction of sp³-hybridized carbons (Fsp3) is 0.381. The summed E-state index contributed by atoms with van der Waals surface area (Å²) < 4.78 is 39.7. The van der Waals surface area contributed by atoms with Crippen LogP contribution in [0, 0.1) is 11.7 Å². The number of rotatable bonds is 5. The number of amides is 1. The molecule has 1 amide bonds. The predicted octanol–water partition coefficient (Wildman–Crippen LogP) is 3.99. The smallest absolute Gasteiger partial charge is 0.243 e. The Morgan fingerprint density at radius 1 is 1.04 bits per heavy atom. The molecule has 1 aliphatic heterocycles. The number of carbonyl (C=O) groups is 1.